The quantitative estimate of drug-likeness (QED) is 0.553. The van der Waals surface area contributed by atoms with Gasteiger partial charge in [-0.25, -0.2) is 8.72 Å². The molecule has 6 nitrogen and oxygen atoms in total. The van der Waals surface area contributed by atoms with Gasteiger partial charge in [-0.05, 0) is 50.4 Å². The molecule has 2 aromatic rings. The summed E-state index contributed by atoms with van der Waals surface area (Å²) >= 11 is 3.22. The monoisotopic (exact) mass is 415 g/mol. The highest BCUT2D eigenvalue weighted by Crippen LogP contribution is 2.32. The summed E-state index contributed by atoms with van der Waals surface area (Å²) in [5, 5.41) is 1.46. The number of hydrogen-bond acceptors (Lipinski definition) is 5. The van der Waals surface area contributed by atoms with E-state index in [1.165, 1.54) is 9.99 Å². The van der Waals surface area contributed by atoms with E-state index in [9.17, 15) is 13.2 Å². The number of hydrogen-bond donors (Lipinski definition) is 0. The van der Waals surface area contributed by atoms with Crippen molar-refractivity contribution in [3.63, 3.8) is 0 Å². The number of anilines is 1. The Labute approximate surface area is 149 Å². The summed E-state index contributed by atoms with van der Waals surface area (Å²) < 4.78 is 33.9. The van der Waals surface area contributed by atoms with Crippen LogP contribution in [0.15, 0.2) is 36.4 Å². The Hall–Kier alpha value is -1.80. The van der Waals surface area contributed by atoms with Crippen molar-refractivity contribution in [1.29, 1.82) is 0 Å². The fraction of sp³-hybridized carbons (Fsp3) is 0.312. The van der Waals surface area contributed by atoms with Gasteiger partial charge in [-0.2, -0.15) is 8.42 Å². The molecular formula is C16H18BrNO5S. The molecule has 130 valence electrons. The summed E-state index contributed by atoms with van der Waals surface area (Å²) in [4.78, 5) is 12.2. The minimum atomic E-state index is -3.60. The molecule has 0 atom stereocenters. The van der Waals surface area contributed by atoms with Crippen molar-refractivity contribution in [3.05, 3.63) is 36.4 Å². The van der Waals surface area contributed by atoms with Crippen LogP contribution in [0.1, 0.15) is 20.8 Å². The minimum absolute atomic E-state index is 0.209. The fourth-order valence-corrected chi connectivity index (χ4v) is 2.88. The first kappa shape index (κ1) is 18.5. The van der Waals surface area contributed by atoms with Crippen LogP contribution in [0.4, 0.5) is 10.5 Å². The lowest BCUT2D eigenvalue weighted by Crippen LogP contribution is -2.30. The van der Waals surface area contributed by atoms with E-state index < -0.39 is 21.8 Å². The molecular weight excluding hydrogens is 398 g/mol. The fourth-order valence-electron chi connectivity index (χ4n) is 2.04. The van der Waals surface area contributed by atoms with E-state index in [4.69, 9.17) is 8.92 Å². The molecule has 1 amide bonds. The van der Waals surface area contributed by atoms with Gasteiger partial charge in [0.1, 0.15) is 11.4 Å². The number of carbonyl (C=O) groups is 1. The lowest BCUT2D eigenvalue weighted by atomic mass is 10.1. The lowest BCUT2D eigenvalue weighted by Gasteiger charge is -2.24. The van der Waals surface area contributed by atoms with E-state index in [2.05, 4.69) is 16.1 Å². The van der Waals surface area contributed by atoms with Crippen molar-refractivity contribution in [2.75, 3.05) is 10.2 Å². The Morgan fingerprint density at radius 1 is 1.17 bits per heavy atom. The average Bonchev–Trinajstić information content (AvgIpc) is 2.42. The number of rotatable bonds is 3. The van der Waals surface area contributed by atoms with Crippen LogP contribution in [0.25, 0.3) is 10.8 Å². The minimum Gasteiger partial charge on any atom is -0.443 e. The van der Waals surface area contributed by atoms with Gasteiger partial charge >= 0.3 is 16.2 Å². The van der Waals surface area contributed by atoms with E-state index in [1.807, 2.05) is 0 Å². The number of halogens is 1. The zero-order valence-corrected chi connectivity index (χ0v) is 16.1. The Morgan fingerprint density at radius 2 is 1.83 bits per heavy atom. The smallest absolute Gasteiger partial charge is 0.425 e. The lowest BCUT2D eigenvalue weighted by molar-refractivity contribution is 0.0614. The van der Waals surface area contributed by atoms with Crippen LogP contribution in [0.3, 0.4) is 0 Å². The van der Waals surface area contributed by atoms with Crippen LogP contribution in [-0.2, 0) is 14.9 Å². The van der Waals surface area contributed by atoms with Gasteiger partial charge in [-0.3, -0.25) is 0 Å². The molecule has 8 heteroatoms. The van der Waals surface area contributed by atoms with Gasteiger partial charge < -0.3 is 8.92 Å². The van der Waals surface area contributed by atoms with Gasteiger partial charge in [0.25, 0.3) is 0 Å². The van der Waals surface area contributed by atoms with Gasteiger partial charge in [-0.15, -0.1) is 0 Å². The molecule has 0 spiro atoms. The highest BCUT2D eigenvalue weighted by Gasteiger charge is 2.23. The van der Waals surface area contributed by atoms with Crippen LogP contribution in [0, 0.1) is 0 Å². The predicted octanol–water partition coefficient (Wildman–Crippen LogP) is 4.23. The highest BCUT2D eigenvalue weighted by molar-refractivity contribution is 9.10. The maximum Gasteiger partial charge on any atom is 0.425 e. The second-order valence-corrected chi connectivity index (χ2v) is 8.49. The van der Waals surface area contributed by atoms with Gasteiger partial charge in [-0.1, -0.05) is 12.1 Å². The van der Waals surface area contributed by atoms with Crippen molar-refractivity contribution in [2.45, 2.75) is 26.4 Å². The molecule has 0 bridgehead atoms. The van der Waals surface area contributed by atoms with E-state index >= 15 is 0 Å². The molecule has 0 saturated carbocycles. The second kappa shape index (κ2) is 6.60. The number of fused-ring (bicyclic) bond motifs is 1. The molecule has 0 N–H and O–H groups in total. The van der Waals surface area contributed by atoms with Gasteiger partial charge in [0.15, 0.2) is 0 Å². The molecule has 0 heterocycles. The van der Waals surface area contributed by atoms with Gasteiger partial charge in [0.2, 0.25) is 0 Å². The largest absolute Gasteiger partial charge is 0.443 e. The topological polar surface area (TPSA) is 72.9 Å². The molecule has 0 aliphatic heterocycles. The molecule has 0 saturated heterocycles. The van der Waals surface area contributed by atoms with Crippen molar-refractivity contribution in [3.8, 4) is 5.75 Å². The van der Waals surface area contributed by atoms with Crippen LogP contribution in [0.2, 0.25) is 0 Å². The van der Waals surface area contributed by atoms with E-state index in [1.54, 1.807) is 51.1 Å². The van der Waals surface area contributed by atoms with Crippen molar-refractivity contribution >= 4 is 48.8 Å². The second-order valence-electron chi connectivity index (χ2n) is 6.21. The Kier molecular flexibility index (Phi) is 5.10. The molecule has 0 radical (unpaired) electrons. The molecule has 2 rings (SSSR count). The Bertz CT molecular complexity index is 874. The molecule has 0 unspecified atom stereocenters. The Balaban J connectivity index is 2.40. The maximum absolute atomic E-state index is 12.2. The predicted molar refractivity (Wildman–Crippen MR) is 97.1 cm³/mol. The third-order valence-electron chi connectivity index (χ3n) is 2.84. The molecule has 0 aliphatic carbocycles. The first-order chi connectivity index (χ1) is 11.0. The van der Waals surface area contributed by atoms with Crippen LogP contribution >= 0.6 is 16.1 Å². The number of amides is 1. The number of nitrogens with zero attached hydrogens (tertiary/aromatic N) is 1. The summed E-state index contributed by atoms with van der Waals surface area (Å²) in [5.74, 6) is 0.209. The zero-order valence-electron chi connectivity index (χ0n) is 13.7. The summed E-state index contributed by atoms with van der Waals surface area (Å²) in [5.41, 5.74) is -0.0443. The molecule has 24 heavy (non-hydrogen) atoms. The van der Waals surface area contributed by atoms with E-state index in [0.717, 1.165) is 17.0 Å². The normalized spacial score (nSPS) is 12.0. The van der Waals surface area contributed by atoms with Crippen LogP contribution in [-0.4, -0.2) is 26.4 Å². The molecule has 0 fully saturated rings. The van der Waals surface area contributed by atoms with Gasteiger partial charge in [0, 0.05) is 5.39 Å². The first-order valence-electron chi connectivity index (χ1n) is 7.07. The van der Waals surface area contributed by atoms with Crippen molar-refractivity contribution in [2.24, 2.45) is 0 Å². The van der Waals surface area contributed by atoms with E-state index in [0.29, 0.717) is 5.69 Å². The zero-order chi connectivity index (χ0) is 18.1. The molecule has 0 aromatic heterocycles. The summed E-state index contributed by atoms with van der Waals surface area (Å²) in [6.07, 6.45) is 0.433. The Morgan fingerprint density at radius 3 is 2.42 bits per heavy atom. The van der Waals surface area contributed by atoms with Crippen LogP contribution in [0.5, 0.6) is 5.75 Å². The van der Waals surface area contributed by atoms with Crippen LogP contribution < -0.4 is 8.11 Å². The average molecular weight is 416 g/mol. The number of ether oxygens (including phenoxy) is 1. The maximum atomic E-state index is 12.2. The van der Waals surface area contributed by atoms with Gasteiger partial charge in [0.05, 0.1) is 28.1 Å². The molecule has 2 aromatic carbocycles. The third kappa shape index (κ3) is 4.85. The first-order valence-corrected chi connectivity index (χ1v) is 9.60. The standard InChI is InChI=1S/C16H18BrNO5S/c1-16(2,3)22-15(19)18(17)14-7-5-6-11-10-12(8-9-13(11)14)23-24(4,20)21/h5-10H,1-4H3. The molecule has 0 aliphatic rings. The van der Waals surface area contributed by atoms with Crippen molar-refractivity contribution < 1.29 is 22.1 Å². The number of carbonyl (C=O) groups excluding carboxylic acids is 1. The summed E-state index contributed by atoms with van der Waals surface area (Å²) in [7, 11) is -3.60. The number of benzene rings is 2. The summed E-state index contributed by atoms with van der Waals surface area (Å²) in [6.45, 7) is 5.34. The van der Waals surface area contributed by atoms with E-state index in [-0.39, 0.29) is 5.75 Å². The van der Waals surface area contributed by atoms with Crippen molar-refractivity contribution in [1.82, 2.24) is 0 Å². The summed E-state index contributed by atoms with van der Waals surface area (Å²) in [6, 6.07) is 10.1. The third-order valence-corrected chi connectivity index (χ3v) is 4.01. The highest BCUT2D eigenvalue weighted by atomic mass is 79.9. The SMILES string of the molecule is CC(C)(C)OC(=O)N(Br)c1cccc2cc(OS(C)(=O)=O)ccc12.